The number of aryl methyl sites for hydroxylation is 2. The Morgan fingerprint density at radius 2 is 0.705 bits per heavy atom. The molecule has 4 heterocycles. The standard InChI is InChI=1S/C74H58N4/c1-45(2)51-23-17-25-53(41-51)75(65-35-31-47(5)39-59(65)49-19-9-7-10-20-49)67-37-33-55-61-43-70-62(44-69(61)77-63-29-15-13-27-57(63)71(67)73(55)77)56-34-38-68(72-58-28-14-16-30-64(58)78(70)74(56)72)76(54-26-18-24-52(42-54)46(3)4)66-36-32-48(6)40-60(66)50-21-11-8-12-22-50/h7-46H,1-6H3. The van der Waals surface area contributed by atoms with Gasteiger partial charge >= 0.3 is 0 Å². The van der Waals surface area contributed by atoms with Crippen LogP contribution in [0.1, 0.15) is 61.8 Å². The second-order valence-corrected chi connectivity index (χ2v) is 22.2. The molecule has 0 fully saturated rings. The SMILES string of the molecule is Cc1ccc(N(c2cccc(C(C)C)c2)c2ccc3c4cc5c(cc4n4c6ccccc6c2c34)c2ccc(N(c3cccc(C(C)C)c3)c3ccc(C)cc3-c3ccccc3)c3c4ccccc4n5c23)c(-c2ccccc2)c1. The van der Waals surface area contributed by atoms with E-state index in [0.29, 0.717) is 11.8 Å². The van der Waals surface area contributed by atoms with Gasteiger partial charge in [0, 0.05) is 65.6 Å². The normalized spacial score (nSPS) is 12.2. The van der Waals surface area contributed by atoms with Gasteiger partial charge in [0.25, 0.3) is 0 Å². The zero-order valence-corrected chi connectivity index (χ0v) is 44.9. The summed E-state index contributed by atoms with van der Waals surface area (Å²) < 4.78 is 5.14. The number of fused-ring (bicyclic) bond motifs is 12. The van der Waals surface area contributed by atoms with Crippen LogP contribution in [0.4, 0.5) is 34.1 Å². The summed E-state index contributed by atoms with van der Waals surface area (Å²) in [5, 5.41) is 9.98. The summed E-state index contributed by atoms with van der Waals surface area (Å²) in [6.45, 7) is 13.5. The van der Waals surface area contributed by atoms with Gasteiger partial charge in [-0.15, -0.1) is 0 Å². The van der Waals surface area contributed by atoms with E-state index in [1.54, 1.807) is 0 Å². The molecule has 0 spiro atoms. The average Bonchev–Trinajstić information content (AvgIpc) is 3.14. The van der Waals surface area contributed by atoms with E-state index in [-0.39, 0.29) is 0 Å². The second kappa shape index (κ2) is 17.6. The van der Waals surface area contributed by atoms with E-state index < -0.39 is 0 Å². The van der Waals surface area contributed by atoms with E-state index in [1.807, 2.05) is 0 Å². The Morgan fingerprint density at radius 1 is 0.308 bits per heavy atom. The first-order valence-corrected chi connectivity index (χ1v) is 27.6. The van der Waals surface area contributed by atoms with Gasteiger partial charge in [0.05, 0.1) is 55.8 Å². The first-order chi connectivity index (χ1) is 38.2. The molecule has 11 aromatic carbocycles. The van der Waals surface area contributed by atoms with Crippen LogP contribution in [0, 0.1) is 13.8 Å². The minimum absolute atomic E-state index is 0.373. The van der Waals surface area contributed by atoms with Crippen molar-refractivity contribution in [2.75, 3.05) is 9.80 Å². The molecule has 0 atom stereocenters. The molecule has 15 aromatic rings. The summed E-state index contributed by atoms with van der Waals surface area (Å²) >= 11 is 0. The first kappa shape index (κ1) is 46.0. The molecule has 0 amide bonds. The smallest absolute Gasteiger partial charge is 0.0641 e. The van der Waals surface area contributed by atoms with Gasteiger partial charge in [-0.05, 0) is 133 Å². The maximum atomic E-state index is 2.57. The first-order valence-electron chi connectivity index (χ1n) is 27.6. The predicted molar refractivity (Wildman–Crippen MR) is 334 cm³/mol. The molecule has 4 heteroatoms. The second-order valence-electron chi connectivity index (χ2n) is 22.2. The van der Waals surface area contributed by atoms with Crippen molar-refractivity contribution in [3.05, 3.63) is 253 Å². The zero-order chi connectivity index (χ0) is 52.5. The van der Waals surface area contributed by atoms with Crippen molar-refractivity contribution in [2.24, 2.45) is 0 Å². The molecule has 15 rings (SSSR count). The highest BCUT2D eigenvalue weighted by Crippen LogP contribution is 2.53. The highest BCUT2D eigenvalue weighted by atomic mass is 15.2. The predicted octanol–water partition coefficient (Wildman–Crippen LogP) is 21.1. The fraction of sp³-hybridized carbons (Fsp3) is 0.108. The van der Waals surface area contributed by atoms with E-state index in [0.717, 1.165) is 34.1 Å². The van der Waals surface area contributed by atoms with E-state index in [1.165, 1.54) is 121 Å². The molecular formula is C74H58N4. The summed E-state index contributed by atoms with van der Waals surface area (Å²) in [6.07, 6.45) is 0. The summed E-state index contributed by atoms with van der Waals surface area (Å²) in [7, 11) is 0. The molecule has 0 radical (unpaired) electrons. The summed E-state index contributed by atoms with van der Waals surface area (Å²) in [6, 6.07) is 86.7. The van der Waals surface area contributed by atoms with Gasteiger partial charge in [0.1, 0.15) is 0 Å². The van der Waals surface area contributed by atoms with Crippen molar-refractivity contribution in [1.29, 1.82) is 0 Å². The molecule has 0 unspecified atom stereocenters. The number of nitrogens with zero attached hydrogens (tertiary/aromatic N) is 4. The number of benzene rings is 11. The summed E-state index contributed by atoms with van der Waals surface area (Å²) in [5.74, 6) is 0.746. The fourth-order valence-corrected chi connectivity index (χ4v) is 13.1. The van der Waals surface area contributed by atoms with Gasteiger partial charge in [-0.1, -0.05) is 184 Å². The molecular weight excluding hydrogens is 945 g/mol. The lowest BCUT2D eigenvalue weighted by Gasteiger charge is -2.29. The Labute approximate surface area is 454 Å². The van der Waals surface area contributed by atoms with Crippen LogP contribution in [0.3, 0.4) is 0 Å². The minimum Gasteiger partial charge on any atom is -0.309 e. The largest absolute Gasteiger partial charge is 0.309 e. The van der Waals surface area contributed by atoms with E-state index in [9.17, 15) is 0 Å². The van der Waals surface area contributed by atoms with Crippen LogP contribution < -0.4 is 9.80 Å². The molecule has 0 saturated carbocycles. The zero-order valence-electron chi connectivity index (χ0n) is 44.9. The van der Waals surface area contributed by atoms with Gasteiger partial charge in [0.15, 0.2) is 0 Å². The van der Waals surface area contributed by atoms with Crippen molar-refractivity contribution in [1.82, 2.24) is 8.80 Å². The fourth-order valence-electron chi connectivity index (χ4n) is 13.1. The quantitative estimate of drug-likeness (QED) is 0.136. The molecule has 4 aromatic heterocycles. The molecule has 0 aliphatic carbocycles. The van der Waals surface area contributed by atoms with Crippen molar-refractivity contribution >= 4 is 110 Å². The van der Waals surface area contributed by atoms with Crippen molar-refractivity contribution < 1.29 is 0 Å². The molecule has 0 aliphatic heterocycles. The molecule has 0 N–H and O–H groups in total. The monoisotopic (exact) mass is 1000 g/mol. The van der Waals surface area contributed by atoms with Gasteiger partial charge in [-0.25, -0.2) is 0 Å². The maximum absolute atomic E-state index is 2.57. The van der Waals surface area contributed by atoms with Crippen molar-refractivity contribution in [3.8, 4) is 22.3 Å². The summed E-state index contributed by atoms with van der Waals surface area (Å²) in [5.41, 5.74) is 24.1. The number of hydrogen-bond acceptors (Lipinski definition) is 2. The van der Waals surface area contributed by atoms with E-state index in [4.69, 9.17) is 0 Å². The highest BCUT2D eigenvalue weighted by molar-refractivity contribution is 6.32. The molecule has 0 aliphatic rings. The Morgan fingerprint density at radius 3 is 1.13 bits per heavy atom. The third kappa shape index (κ3) is 6.85. The number of aromatic nitrogens is 2. The Kier molecular flexibility index (Phi) is 10.4. The average molecular weight is 1000 g/mol. The summed E-state index contributed by atoms with van der Waals surface area (Å²) in [4.78, 5) is 5.07. The molecule has 78 heavy (non-hydrogen) atoms. The van der Waals surface area contributed by atoms with Crippen LogP contribution in [0.25, 0.3) is 98.4 Å². The lowest BCUT2D eigenvalue weighted by molar-refractivity contribution is 0.866. The Balaban J connectivity index is 1.01. The van der Waals surface area contributed by atoms with Crippen LogP contribution >= 0.6 is 0 Å². The van der Waals surface area contributed by atoms with Crippen LogP contribution in [0.5, 0.6) is 0 Å². The number of hydrogen-bond donors (Lipinski definition) is 0. The van der Waals surface area contributed by atoms with Gasteiger partial charge in [-0.2, -0.15) is 0 Å². The van der Waals surface area contributed by atoms with Gasteiger partial charge in [0.2, 0.25) is 0 Å². The topological polar surface area (TPSA) is 15.3 Å². The molecule has 0 saturated heterocycles. The third-order valence-electron chi connectivity index (χ3n) is 16.8. The lowest BCUT2D eigenvalue weighted by Crippen LogP contribution is -2.12. The lowest BCUT2D eigenvalue weighted by atomic mass is 9.97. The van der Waals surface area contributed by atoms with E-state index in [2.05, 4.69) is 291 Å². The third-order valence-corrected chi connectivity index (χ3v) is 16.8. The van der Waals surface area contributed by atoms with Gasteiger partial charge in [-0.3, -0.25) is 0 Å². The molecule has 374 valence electrons. The van der Waals surface area contributed by atoms with Crippen molar-refractivity contribution in [3.63, 3.8) is 0 Å². The molecule has 0 bridgehead atoms. The van der Waals surface area contributed by atoms with Gasteiger partial charge < -0.3 is 18.6 Å². The Bertz CT molecular complexity index is 4520. The van der Waals surface area contributed by atoms with E-state index >= 15 is 0 Å². The van der Waals surface area contributed by atoms with Crippen LogP contribution in [-0.4, -0.2) is 8.80 Å². The molecule has 4 nitrogen and oxygen atoms in total. The van der Waals surface area contributed by atoms with Crippen LogP contribution in [-0.2, 0) is 0 Å². The van der Waals surface area contributed by atoms with Crippen LogP contribution in [0.2, 0.25) is 0 Å². The number of para-hydroxylation sites is 2. The number of anilines is 6. The maximum Gasteiger partial charge on any atom is 0.0641 e. The minimum atomic E-state index is 0.373. The Hall–Kier alpha value is -9.38. The van der Waals surface area contributed by atoms with Crippen molar-refractivity contribution in [2.45, 2.75) is 53.4 Å². The number of rotatable bonds is 10. The highest BCUT2D eigenvalue weighted by Gasteiger charge is 2.30. The van der Waals surface area contributed by atoms with Crippen LogP contribution in [0.15, 0.2) is 231 Å².